The Hall–Kier alpha value is -2.45. The monoisotopic (exact) mass is 730 g/mol. The Bertz CT molecular complexity index is 1480. The molecule has 1 aromatic carbocycles. The Labute approximate surface area is 303 Å². The van der Waals surface area contributed by atoms with Gasteiger partial charge >= 0.3 is 11.9 Å². The summed E-state index contributed by atoms with van der Waals surface area (Å²) in [5.74, 6) is -2.91. The molecule has 11 nitrogen and oxygen atoms in total. The molecule has 1 heterocycles. The molecule has 0 spiro atoms. The van der Waals surface area contributed by atoms with E-state index in [0.717, 1.165) is 18.1 Å². The van der Waals surface area contributed by atoms with E-state index in [1.54, 1.807) is 58.0 Å². The van der Waals surface area contributed by atoms with Crippen LogP contribution in [0.1, 0.15) is 78.6 Å². The van der Waals surface area contributed by atoms with Gasteiger partial charge in [-0.25, -0.2) is 4.79 Å². The molecule has 4 aliphatic rings. The van der Waals surface area contributed by atoms with Crippen LogP contribution in [0.4, 0.5) is 0 Å². The van der Waals surface area contributed by atoms with Crippen molar-refractivity contribution >= 4 is 26.0 Å². The highest BCUT2D eigenvalue weighted by Crippen LogP contribution is 2.67. The van der Waals surface area contributed by atoms with Crippen LogP contribution < -0.4 is 0 Å². The quantitative estimate of drug-likeness (QED) is 0.122. The highest BCUT2D eigenvalue weighted by Gasteiger charge is 2.79. The zero-order chi connectivity index (χ0) is 37.6. The Morgan fingerprint density at radius 2 is 1.67 bits per heavy atom. The predicted octanol–water partition coefficient (Wildman–Crippen LogP) is 5.03. The van der Waals surface area contributed by atoms with E-state index in [1.807, 2.05) is 6.92 Å². The zero-order valence-corrected chi connectivity index (χ0v) is 32.8. The maximum absolute atomic E-state index is 15.9. The van der Waals surface area contributed by atoms with Gasteiger partial charge in [0.1, 0.15) is 23.2 Å². The van der Waals surface area contributed by atoms with Crippen molar-refractivity contribution in [2.24, 2.45) is 22.2 Å². The molecular weight excluding hydrogens is 673 g/mol. The van der Waals surface area contributed by atoms with Crippen LogP contribution >= 0.6 is 0 Å². The van der Waals surface area contributed by atoms with Crippen LogP contribution in [0.5, 0.6) is 0 Å². The molecule has 12 heteroatoms. The van der Waals surface area contributed by atoms with E-state index in [9.17, 15) is 19.8 Å². The van der Waals surface area contributed by atoms with Crippen LogP contribution in [-0.2, 0) is 37.7 Å². The van der Waals surface area contributed by atoms with Gasteiger partial charge in [-0.1, -0.05) is 52.8 Å². The van der Waals surface area contributed by atoms with Crippen molar-refractivity contribution in [1.29, 1.82) is 0 Å². The number of aliphatic hydroxyl groups excluding tert-OH is 1. The Kier molecular flexibility index (Phi) is 11.5. The number of benzene rings is 1. The second-order valence-electron chi connectivity index (χ2n) is 15.5. The van der Waals surface area contributed by atoms with Crippen molar-refractivity contribution in [2.75, 3.05) is 33.5 Å². The summed E-state index contributed by atoms with van der Waals surface area (Å²) in [6.07, 6.45) is -5.46. The van der Waals surface area contributed by atoms with Crippen LogP contribution in [0.25, 0.3) is 0 Å². The van der Waals surface area contributed by atoms with Crippen LogP contribution in [-0.4, -0.2) is 106 Å². The third-order valence-electron chi connectivity index (χ3n) is 13.2. The fourth-order valence-electron chi connectivity index (χ4n) is 9.76. The Morgan fingerprint density at radius 3 is 2.22 bits per heavy atom. The van der Waals surface area contributed by atoms with Crippen molar-refractivity contribution in [2.45, 2.75) is 122 Å². The molecule has 1 aliphatic heterocycles. The van der Waals surface area contributed by atoms with Crippen LogP contribution in [0.15, 0.2) is 41.5 Å². The lowest BCUT2D eigenvalue weighted by Gasteiger charge is -2.68. The van der Waals surface area contributed by atoms with E-state index in [4.69, 9.17) is 28.1 Å². The normalized spacial score (nSPS) is 35.9. The van der Waals surface area contributed by atoms with E-state index >= 15 is 4.79 Å². The Balaban J connectivity index is 1.86. The number of methoxy groups -OCH3 is 1. The van der Waals surface area contributed by atoms with Crippen molar-refractivity contribution < 1.29 is 52.7 Å². The summed E-state index contributed by atoms with van der Waals surface area (Å²) in [6.45, 7) is 15.9. The maximum atomic E-state index is 15.9. The van der Waals surface area contributed by atoms with E-state index in [1.165, 1.54) is 7.11 Å². The molecule has 2 bridgehead atoms. The fourth-order valence-corrected chi connectivity index (χ4v) is 12.7. The van der Waals surface area contributed by atoms with Gasteiger partial charge in [0.25, 0.3) is 0 Å². The number of ether oxygens (including phenoxy) is 5. The first-order valence-electron chi connectivity index (χ1n) is 18.6. The number of esters is 2. The molecule has 0 aromatic heterocycles. The van der Waals surface area contributed by atoms with Crippen molar-refractivity contribution in [3.8, 4) is 0 Å². The third kappa shape index (κ3) is 6.06. The van der Waals surface area contributed by atoms with Gasteiger partial charge in [-0.15, -0.1) is 0 Å². The lowest BCUT2D eigenvalue weighted by Crippen LogP contribution is -2.80. The number of hydrogen-bond donors (Lipinski definition) is 2. The number of carbonyl (C=O) groups excluding carboxylic acids is 3. The third-order valence-corrected chi connectivity index (χ3v) is 17.9. The SMILES string of the molecule is CCOCCO[C@H]1C(=O)[C@@]2(C)C([C@H](OC(=O)c3ccccc3)[C@]3(O)C[C@H](O)C(C)=C1C3(C)C)[C@]1(C(=O)OC)CO[C@@H]1C[C@@H]2O[Si](CC)(CC)CC. The molecule has 9 atom stereocenters. The number of rotatable bonds is 13. The first-order chi connectivity index (χ1) is 24.1. The van der Waals surface area contributed by atoms with Gasteiger partial charge in [0, 0.05) is 30.8 Å². The number of hydrogen-bond acceptors (Lipinski definition) is 11. The fraction of sp³-hybridized carbons (Fsp3) is 0.718. The van der Waals surface area contributed by atoms with Crippen molar-refractivity contribution in [3.63, 3.8) is 0 Å². The second kappa shape index (κ2) is 14.8. The summed E-state index contributed by atoms with van der Waals surface area (Å²) < 4.78 is 37.6. The molecule has 284 valence electrons. The molecule has 3 aliphatic carbocycles. The van der Waals surface area contributed by atoms with Crippen molar-refractivity contribution in [1.82, 2.24) is 0 Å². The van der Waals surface area contributed by atoms with Gasteiger partial charge < -0.3 is 38.3 Å². The highest BCUT2D eigenvalue weighted by molar-refractivity contribution is 6.73. The lowest BCUT2D eigenvalue weighted by atomic mass is 9.42. The minimum atomic E-state index is -2.45. The molecule has 3 fully saturated rings. The van der Waals surface area contributed by atoms with Crippen LogP contribution in [0.2, 0.25) is 18.1 Å². The summed E-state index contributed by atoms with van der Waals surface area (Å²) >= 11 is 0. The summed E-state index contributed by atoms with van der Waals surface area (Å²) in [5.41, 5.74) is -5.19. The minimum Gasteiger partial charge on any atom is -0.468 e. The van der Waals surface area contributed by atoms with Crippen LogP contribution in [0, 0.1) is 22.2 Å². The molecule has 1 aromatic rings. The average molecular weight is 731 g/mol. The molecule has 2 saturated carbocycles. The molecule has 5 rings (SSSR count). The number of carbonyl (C=O) groups is 3. The first-order valence-corrected chi connectivity index (χ1v) is 21.1. The van der Waals surface area contributed by atoms with Gasteiger partial charge in [-0.3, -0.25) is 9.59 Å². The number of ketones is 1. The molecule has 1 unspecified atom stereocenters. The maximum Gasteiger partial charge on any atom is 0.338 e. The van der Waals surface area contributed by atoms with E-state index in [2.05, 4.69) is 20.8 Å². The van der Waals surface area contributed by atoms with Gasteiger partial charge in [0.2, 0.25) is 0 Å². The topological polar surface area (TPSA) is 147 Å². The van der Waals surface area contributed by atoms with Gasteiger partial charge in [0.15, 0.2) is 14.1 Å². The van der Waals surface area contributed by atoms with Gasteiger partial charge in [-0.05, 0) is 62.2 Å². The smallest absolute Gasteiger partial charge is 0.338 e. The molecule has 2 N–H and O–H groups in total. The van der Waals surface area contributed by atoms with Gasteiger partial charge in [-0.2, -0.15) is 0 Å². The molecule has 0 amide bonds. The highest BCUT2D eigenvalue weighted by atomic mass is 28.4. The number of fused-ring (bicyclic) bond motifs is 5. The van der Waals surface area contributed by atoms with E-state index in [0.29, 0.717) is 17.8 Å². The summed E-state index contributed by atoms with van der Waals surface area (Å²) in [5, 5.41) is 25.1. The Morgan fingerprint density at radius 1 is 1.02 bits per heavy atom. The molecular formula is C39H58O11Si. The average Bonchev–Trinajstić information content (AvgIpc) is 3.11. The number of aliphatic hydroxyl groups is 2. The molecule has 0 radical (unpaired) electrons. The predicted molar refractivity (Wildman–Crippen MR) is 191 cm³/mol. The summed E-state index contributed by atoms with van der Waals surface area (Å²) in [7, 11) is -1.16. The number of Topliss-reactive ketones (excluding diaryl/α,β-unsaturated/α-hetero) is 1. The second-order valence-corrected chi connectivity index (χ2v) is 20.3. The van der Waals surface area contributed by atoms with Crippen molar-refractivity contribution in [3.05, 3.63) is 47.0 Å². The zero-order valence-electron chi connectivity index (χ0n) is 31.8. The summed E-state index contributed by atoms with van der Waals surface area (Å²) in [4.78, 5) is 44.4. The van der Waals surface area contributed by atoms with E-state index < -0.39 is 78.5 Å². The molecule has 1 saturated heterocycles. The largest absolute Gasteiger partial charge is 0.468 e. The molecule has 51 heavy (non-hydrogen) atoms. The first kappa shape index (κ1) is 39.7. The van der Waals surface area contributed by atoms with E-state index in [-0.39, 0.29) is 44.0 Å². The van der Waals surface area contributed by atoms with Gasteiger partial charge in [0.05, 0.1) is 56.2 Å². The lowest BCUT2D eigenvalue weighted by molar-refractivity contribution is -0.312. The standard InChI is InChI=1S/C39H58O11Si/c1-10-46-19-20-47-30-29-24(5)26(40)22-39(44,36(29,6)7)33(49-34(42)25-17-15-14-16-18-25)31-37(8,32(30)41)27(50-51(11-2,12-3)13-4)21-28-38(31,23-48-28)35(43)45-9/h14-18,26-28,30-31,33,40,44H,10-13,19-23H2,1-9H3/t26-,27-,28+,30+,31?,33-,37+,38-,39+/m0/s1. The van der Waals surface area contributed by atoms with Crippen LogP contribution in [0.3, 0.4) is 0 Å². The summed E-state index contributed by atoms with van der Waals surface area (Å²) in [6, 6.07) is 10.8. The minimum absolute atomic E-state index is 0.0652.